The van der Waals surface area contributed by atoms with Crippen molar-refractivity contribution in [3.63, 3.8) is 0 Å². The third kappa shape index (κ3) is 9.70. The van der Waals surface area contributed by atoms with Crippen molar-refractivity contribution in [1.82, 2.24) is 0 Å². The standard InChI is InChI=1S/2C19H20ClNO/c2*20-17-8-10-18(11-9-17)21-19(22)13-14-6-7-16(12-14)15-4-2-1-3-5-15/h2*1-5,8-11,14,16H,6-7,12-13H2,(H,21,22)/t14-,16+;14-,16-/m10/s1. The molecule has 6 heteroatoms. The second-order valence-electron chi connectivity index (χ2n) is 12.1. The molecule has 228 valence electrons. The van der Waals surface area contributed by atoms with Crippen molar-refractivity contribution < 1.29 is 9.59 Å². The predicted molar refractivity (Wildman–Crippen MR) is 182 cm³/mol. The molecule has 0 aliphatic heterocycles. The Morgan fingerprint density at radius 1 is 0.523 bits per heavy atom. The topological polar surface area (TPSA) is 58.2 Å². The Bertz CT molecular complexity index is 1360. The molecular weight excluding hydrogens is 587 g/mol. The lowest BCUT2D eigenvalue weighted by Gasteiger charge is -2.12. The summed E-state index contributed by atoms with van der Waals surface area (Å²) in [4.78, 5) is 24.3. The Labute approximate surface area is 271 Å². The van der Waals surface area contributed by atoms with Crippen LogP contribution in [0.5, 0.6) is 0 Å². The van der Waals surface area contributed by atoms with E-state index in [-0.39, 0.29) is 11.8 Å². The van der Waals surface area contributed by atoms with Gasteiger partial charge in [-0.1, -0.05) is 83.9 Å². The summed E-state index contributed by atoms with van der Waals surface area (Å²) in [7, 11) is 0. The summed E-state index contributed by atoms with van der Waals surface area (Å²) in [6, 6.07) is 35.8. The zero-order chi connectivity index (χ0) is 30.7. The van der Waals surface area contributed by atoms with Gasteiger partial charge in [-0.3, -0.25) is 9.59 Å². The monoisotopic (exact) mass is 626 g/mol. The van der Waals surface area contributed by atoms with E-state index in [0.717, 1.165) is 37.1 Å². The summed E-state index contributed by atoms with van der Waals surface area (Å²) >= 11 is 11.7. The molecule has 2 N–H and O–H groups in total. The van der Waals surface area contributed by atoms with E-state index in [1.165, 1.54) is 24.0 Å². The van der Waals surface area contributed by atoms with Crippen LogP contribution < -0.4 is 10.6 Å². The summed E-state index contributed by atoms with van der Waals surface area (Å²) in [5, 5.41) is 7.27. The zero-order valence-electron chi connectivity index (χ0n) is 24.9. The highest BCUT2D eigenvalue weighted by Gasteiger charge is 2.28. The lowest BCUT2D eigenvalue weighted by molar-refractivity contribution is -0.117. The first-order valence-corrected chi connectivity index (χ1v) is 16.4. The molecule has 2 fully saturated rings. The number of nitrogens with one attached hydrogen (secondary N) is 2. The fourth-order valence-corrected chi connectivity index (χ4v) is 6.84. The smallest absolute Gasteiger partial charge is 0.224 e. The van der Waals surface area contributed by atoms with Crippen LogP contribution in [-0.2, 0) is 9.59 Å². The molecule has 0 heterocycles. The van der Waals surface area contributed by atoms with E-state index >= 15 is 0 Å². The molecule has 4 nitrogen and oxygen atoms in total. The van der Waals surface area contributed by atoms with Crippen LogP contribution in [0, 0.1) is 11.8 Å². The zero-order valence-corrected chi connectivity index (χ0v) is 26.4. The molecule has 2 aliphatic carbocycles. The van der Waals surface area contributed by atoms with Gasteiger partial charge >= 0.3 is 0 Å². The van der Waals surface area contributed by atoms with E-state index in [2.05, 4.69) is 71.3 Å². The van der Waals surface area contributed by atoms with E-state index in [9.17, 15) is 9.59 Å². The van der Waals surface area contributed by atoms with E-state index in [4.69, 9.17) is 23.2 Å². The summed E-state index contributed by atoms with van der Waals surface area (Å²) in [6.07, 6.45) is 8.06. The van der Waals surface area contributed by atoms with Gasteiger partial charge in [0.15, 0.2) is 0 Å². The fourth-order valence-electron chi connectivity index (χ4n) is 6.59. The maximum Gasteiger partial charge on any atom is 0.224 e. The second kappa shape index (κ2) is 15.9. The lowest BCUT2D eigenvalue weighted by Crippen LogP contribution is -2.15. The van der Waals surface area contributed by atoms with Crippen LogP contribution in [-0.4, -0.2) is 11.8 Å². The molecule has 4 aromatic rings. The number of hydrogen-bond acceptors (Lipinski definition) is 2. The van der Waals surface area contributed by atoms with Gasteiger partial charge in [0, 0.05) is 34.3 Å². The first-order valence-electron chi connectivity index (χ1n) is 15.6. The molecule has 44 heavy (non-hydrogen) atoms. The number of anilines is 2. The number of halogens is 2. The quantitative estimate of drug-likeness (QED) is 0.204. The van der Waals surface area contributed by atoms with Crippen molar-refractivity contribution >= 4 is 46.4 Å². The normalized spacial score (nSPS) is 20.8. The van der Waals surface area contributed by atoms with E-state index in [1.54, 1.807) is 24.3 Å². The number of hydrogen-bond donors (Lipinski definition) is 2. The average molecular weight is 628 g/mol. The molecule has 0 bridgehead atoms. The molecule has 0 saturated heterocycles. The van der Waals surface area contributed by atoms with Crippen molar-refractivity contribution in [2.45, 2.75) is 63.2 Å². The number of benzene rings is 4. The Kier molecular flexibility index (Phi) is 11.5. The van der Waals surface area contributed by atoms with Crippen molar-refractivity contribution in [3.8, 4) is 0 Å². The Morgan fingerprint density at radius 2 is 0.886 bits per heavy atom. The number of carbonyl (C=O) groups excluding carboxylic acids is 2. The molecule has 0 radical (unpaired) electrons. The maximum atomic E-state index is 12.2. The molecule has 2 saturated carbocycles. The van der Waals surface area contributed by atoms with Gasteiger partial charge in [0.25, 0.3) is 0 Å². The van der Waals surface area contributed by atoms with Gasteiger partial charge in [-0.25, -0.2) is 0 Å². The van der Waals surface area contributed by atoms with Crippen molar-refractivity contribution in [3.05, 3.63) is 130 Å². The first-order chi connectivity index (χ1) is 21.4. The van der Waals surface area contributed by atoms with Gasteiger partial charge in [-0.15, -0.1) is 0 Å². The van der Waals surface area contributed by atoms with E-state index < -0.39 is 0 Å². The van der Waals surface area contributed by atoms with Crippen LogP contribution in [0.25, 0.3) is 0 Å². The first kappa shape index (κ1) is 31.8. The molecule has 4 aromatic carbocycles. The van der Waals surface area contributed by atoms with Crippen molar-refractivity contribution in [2.75, 3.05) is 10.6 Å². The van der Waals surface area contributed by atoms with Gasteiger partial charge in [-0.2, -0.15) is 0 Å². The summed E-state index contributed by atoms with van der Waals surface area (Å²) < 4.78 is 0. The van der Waals surface area contributed by atoms with Gasteiger partial charge in [-0.05, 0) is 122 Å². The Balaban J connectivity index is 0.000000175. The minimum absolute atomic E-state index is 0.0982. The molecule has 6 rings (SSSR count). The fraction of sp³-hybridized carbons (Fsp3) is 0.316. The highest BCUT2D eigenvalue weighted by molar-refractivity contribution is 6.31. The third-order valence-corrected chi connectivity index (χ3v) is 9.33. The average Bonchev–Trinajstić information content (AvgIpc) is 3.71. The number of rotatable bonds is 8. The Morgan fingerprint density at radius 3 is 1.25 bits per heavy atom. The number of amides is 2. The van der Waals surface area contributed by atoms with Gasteiger partial charge in [0.05, 0.1) is 0 Å². The molecule has 0 unspecified atom stereocenters. The van der Waals surface area contributed by atoms with Crippen molar-refractivity contribution in [2.24, 2.45) is 11.8 Å². The van der Waals surface area contributed by atoms with Crippen LogP contribution in [0.3, 0.4) is 0 Å². The SMILES string of the molecule is O=C(C[C@@H]1CC[C@H](c2ccccc2)C1)Nc1ccc(Cl)cc1.O=C(C[C@H]1CC[C@H](c2ccccc2)C1)Nc1ccc(Cl)cc1. The van der Waals surface area contributed by atoms with E-state index in [0.29, 0.717) is 46.6 Å². The van der Waals surface area contributed by atoms with Gasteiger partial charge in [0.1, 0.15) is 0 Å². The number of carbonyl (C=O) groups is 2. The summed E-state index contributed by atoms with van der Waals surface area (Å²) in [5.74, 6) is 2.38. The van der Waals surface area contributed by atoms with Crippen LogP contribution in [0.15, 0.2) is 109 Å². The van der Waals surface area contributed by atoms with Crippen LogP contribution in [0.1, 0.15) is 74.3 Å². The molecule has 0 spiro atoms. The lowest BCUT2D eigenvalue weighted by atomic mass is 9.95. The largest absolute Gasteiger partial charge is 0.326 e. The highest BCUT2D eigenvalue weighted by Crippen LogP contribution is 2.40. The minimum Gasteiger partial charge on any atom is -0.326 e. The molecule has 2 aliphatic rings. The maximum absolute atomic E-state index is 12.2. The van der Waals surface area contributed by atoms with Crippen LogP contribution in [0.4, 0.5) is 11.4 Å². The molecule has 0 aromatic heterocycles. The van der Waals surface area contributed by atoms with Crippen molar-refractivity contribution in [1.29, 1.82) is 0 Å². The van der Waals surface area contributed by atoms with Gasteiger partial charge in [0.2, 0.25) is 11.8 Å². The van der Waals surface area contributed by atoms with Crippen LogP contribution >= 0.6 is 23.2 Å². The molecule has 4 atom stereocenters. The minimum atomic E-state index is 0.0982. The summed E-state index contributed by atoms with van der Waals surface area (Å²) in [5.41, 5.74) is 4.44. The molecule has 2 amide bonds. The van der Waals surface area contributed by atoms with Gasteiger partial charge < -0.3 is 10.6 Å². The Hall–Kier alpha value is -3.60. The second-order valence-corrected chi connectivity index (χ2v) is 13.0. The van der Waals surface area contributed by atoms with E-state index in [1.807, 2.05) is 24.3 Å². The highest BCUT2D eigenvalue weighted by atomic mass is 35.5. The summed E-state index contributed by atoms with van der Waals surface area (Å²) in [6.45, 7) is 0. The molecular formula is C38H40Cl2N2O2. The predicted octanol–water partition coefficient (Wildman–Crippen LogP) is 10.5. The third-order valence-electron chi connectivity index (χ3n) is 8.83. The van der Waals surface area contributed by atoms with Crippen LogP contribution in [0.2, 0.25) is 10.0 Å².